The number of aliphatic hydroxyl groups is 7. The largest absolute Gasteiger partial charge is 0.507 e. The van der Waals surface area contributed by atoms with Crippen molar-refractivity contribution < 1.29 is 79.5 Å². The zero-order chi connectivity index (χ0) is 32.2. The number of phenols is 3. The van der Waals surface area contributed by atoms with Crippen LogP contribution in [0.4, 0.5) is 0 Å². The standard InChI is InChI=1S/C27H30O17/c1-7-15(32)18(35)21(38)26(40-7)41-12-5-11(31)14-17(34)20(37)23(8-2-3-9(29)10(30)4-8)43-25(14)24(12)44-27-22(39)19(36)16(33)13(6-28)42-27/h2-5,7,13,15-16,18-19,21-22,26-33,35-39H,6H2,1H3/t7?,13?,15-,16+,18-,19-,21?,22?,26-,27-/m0/s1. The van der Waals surface area contributed by atoms with Crippen LogP contribution in [-0.2, 0) is 9.47 Å². The number of hydrogen-bond acceptors (Lipinski definition) is 17. The second kappa shape index (κ2) is 11.9. The normalized spacial score (nSPS) is 32.5. The molecule has 0 amide bonds. The highest BCUT2D eigenvalue weighted by molar-refractivity contribution is 5.93. The van der Waals surface area contributed by atoms with E-state index in [2.05, 4.69) is 0 Å². The maximum absolute atomic E-state index is 13.3. The van der Waals surface area contributed by atoms with Gasteiger partial charge >= 0.3 is 0 Å². The van der Waals surface area contributed by atoms with E-state index in [1.54, 1.807) is 0 Å². The smallest absolute Gasteiger partial charge is 0.238 e. The highest BCUT2D eigenvalue weighted by atomic mass is 16.7. The second-order valence-electron chi connectivity index (χ2n) is 10.4. The third-order valence-corrected chi connectivity index (χ3v) is 7.41. The van der Waals surface area contributed by atoms with E-state index >= 15 is 0 Å². The lowest BCUT2D eigenvalue weighted by Gasteiger charge is -2.40. The van der Waals surface area contributed by atoms with Gasteiger partial charge in [0.25, 0.3) is 0 Å². The van der Waals surface area contributed by atoms with Gasteiger partial charge in [0.05, 0.1) is 12.7 Å². The summed E-state index contributed by atoms with van der Waals surface area (Å²) in [5.74, 6) is -4.95. The van der Waals surface area contributed by atoms with E-state index in [9.17, 15) is 61.0 Å². The first-order valence-electron chi connectivity index (χ1n) is 13.2. The average molecular weight is 627 g/mol. The zero-order valence-corrected chi connectivity index (χ0v) is 22.7. The molecule has 2 fully saturated rings. The molecule has 2 saturated heterocycles. The Labute approximate surface area is 246 Å². The van der Waals surface area contributed by atoms with Crippen LogP contribution >= 0.6 is 0 Å². The second-order valence-corrected chi connectivity index (χ2v) is 10.4. The van der Waals surface area contributed by atoms with Crippen molar-refractivity contribution in [2.75, 3.05) is 6.61 Å². The average Bonchev–Trinajstić information content (AvgIpc) is 2.99. The van der Waals surface area contributed by atoms with E-state index in [0.29, 0.717) is 0 Å². The number of aliphatic hydroxyl groups excluding tert-OH is 7. The first-order valence-corrected chi connectivity index (χ1v) is 13.2. The van der Waals surface area contributed by atoms with Crippen molar-refractivity contribution >= 4 is 11.0 Å². The minimum absolute atomic E-state index is 0.140. The summed E-state index contributed by atoms with van der Waals surface area (Å²) < 4.78 is 28.0. The highest BCUT2D eigenvalue weighted by Gasteiger charge is 2.47. The molecule has 2 aliphatic rings. The van der Waals surface area contributed by atoms with E-state index in [1.165, 1.54) is 6.92 Å². The maximum Gasteiger partial charge on any atom is 0.238 e. The molecular weight excluding hydrogens is 596 g/mol. The Hall–Kier alpha value is -3.91. The number of fused-ring (bicyclic) bond motifs is 1. The molecule has 240 valence electrons. The summed E-state index contributed by atoms with van der Waals surface area (Å²) in [5, 5.41) is 112. The number of aromatic hydroxyl groups is 4. The third kappa shape index (κ3) is 5.34. The molecular formula is C27H30O17. The van der Waals surface area contributed by atoms with Gasteiger partial charge in [0.1, 0.15) is 53.9 Å². The molecule has 17 nitrogen and oxygen atoms in total. The van der Waals surface area contributed by atoms with Gasteiger partial charge in [0, 0.05) is 11.6 Å². The van der Waals surface area contributed by atoms with Gasteiger partial charge in [0.2, 0.25) is 29.5 Å². The molecule has 0 spiro atoms. The highest BCUT2D eigenvalue weighted by Crippen LogP contribution is 2.46. The summed E-state index contributed by atoms with van der Waals surface area (Å²) in [6.07, 6.45) is -17.0. The molecule has 2 aromatic carbocycles. The fraction of sp³-hybridized carbons (Fsp3) is 0.444. The fourth-order valence-electron chi connectivity index (χ4n) is 4.87. The molecule has 44 heavy (non-hydrogen) atoms. The lowest BCUT2D eigenvalue weighted by atomic mass is 9.99. The molecule has 3 aromatic rings. The first-order chi connectivity index (χ1) is 20.7. The first kappa shape index (κ1) is 31.5. The molecule has 3 heterocycles. The molecule has 11 N–H and O–H groups in total. The Balaban J connectivity index is 1.71. The van der Waals surface area contributed by atoms with Gasteiger partial charge in [-0.1, -0.05) is 0 Å². The van der Waals surface area contributed by atoms with Crippen molar-refractivity contribution in [3.63, 3.8) is 0 Å². The van der Waals surface area contributed by atoms with Gasteiger partial charge in [-0.3, -0.25) is 4.79 Å². The van der Waals surface area contributed by atoms with Crippen LogP contribution in [0.3, 0.4) is 0 Å². The van der Waals surface area contributed by atoms with Crippen molar-refractivity contribution in [3.8, 4) is 45.8 Å². The Kier molecular flexibility index (Phi) is 8.51. The molecule has 1 aromatic heterocycles. The van der Waals surface area contributed by atoms with E-state index in [0.717, 1.165) is 24.3 Å². The van der Waals surface area contributed by atoms with Crippen LogP contribution in [0, 0.1) is 0 Å². The predicted octanol–water partition coefficient (Wildman–Crippen LogP) is -2.33. The Bertz CT molecular complexity index is 1590. The topological polar surface area (TPSA) is 290 Å². The van der Waals surface area contributed by atoms with Gasteiger partial charge in [-0.2, -0.15) is 0 Å². The van der Waals surface area contributed by atoms with Gasteiger partial charge in [0.15, 0.2) is 28.6 Å². The van der Waals surface area contributed by atoms with Gasteiger partial charge in [-0.25, -0.2) is 0 Å². The minimum atomic E-state index is -1.99. The Morgan fingerprint density at radius 2 is 1.39 bits per heavy atom. The fourth-order valence-corrected chi connectivity index (χ4v) is 4.87. The molecule has 4 unspecified atom stereocenters. The van der Waals surface area contributed by atoms with E-state index < -0.39 is 125 Å². The molecule has 0 bridgehead atoms. The van der Waals surface area contributed by atoms with Crippen LogP contribution in [0.15, 0.2) is 33.5 Å². The summed E-state index contributed by atoms with van der Waals surface area (Å²) in [5.41, 5.74) is -2.04. The number of rotatable bonds is 6. The molecule has 2 aliphatic heterocycles. The monoisotopic (exact) mass is 626 g/mol. The molecule has 17 heteroatoms. The summed E-state index contributed by atoms with van der Waals surface area (Å²) in [4.78, 5) is 13.3. The van der Waals surface area contributed by atoms with Crippen LogP contribution < -0.4 is 14.9 Å². The van der Waals surface area contributed by atoms with Crippen molar-refractivity contribution in [3.05, 3.63) is 34.5 Å². The predicted molar refractivity (Wildman–Crippen MR) is 142 cm³/mol. The van der Waals surface area contributed by atoms with Crippen LogP contribution in [0.5, 0.6) is 34.5 Å². The van der Waals surface area contributed by atoms with E-state index in [1.807, 2.05) is 0 Å². The third-order valence-electron chi connectivity index (χ3n) is 7.41. The van der Waals surface area contributed by atoms with Crippen LogP contribution in [0.25, 0.3) is 22.3 Å². The summed E-state index contributed by atoms with van der Waals surface area (Å²) >= 11 is 0. The van der Waals surface area contributed by atoms with Crippen LogP contribution in [0.2, 0.25) is 0 Å². The molecule has 0 aliphatic carbocycles. The minimum Gasteiger partial charge on any atom is -0.507 e. The summed E-state index contributed by atoms with van der Waals surface area (Å²) in [6, 6.07) is 3.91. The lowest BCUT2D eigenvalue weighted by molar-refractivity contribution is -0.279. The SMILES string of the molecule is CC1O[C@@H](Oc2cc(O)c3c(=O)c(O)c(-c4ccc(O)c(O)c4)oc3c2O[C@@H]2OC(CO)[C@@H](O)[C@H](O)C2O)C(O)[C@@H](O)[C@H]1O. The number of benzene rings is 2. The molecule has 0 radical (unpaired) electrons. The maximum atomic E-state index is 13.3. The van der Waals surface area contributed by atoms with Crippen molar-refractivity contribution in [1.29, 1.82) is 0 Å². The molecule has 0 saturated carbocycles. The van der Waals surface area contributed by atoms with Gasteiger partial charge < -0.3 is 79.5 Å². The Morgan fingerprint density at radius 3 is 2.02 bits per heavy atom. The van der Waals surface area contributed by atoms with Crippen LogP contribution in [0.1, 0.15) is 6.92 Å². The van der Waals surface area contributed by atoms with Crippen molar-refractivity contribution in [2.24, 2.45) is 0 Å². The van der Waals surface area contributed by atoms with E-state index in [-0.39, 0.29) is 5.56 Å². The zero-order valence-electron chi connectivity index (χ0n) is 22.7. The Morgan fingerprint density at radius 1 is 0.750 bits per heavy atom. The number of hydrogen-bond donors (Lipinski definition) is 11. The lowest BCUT2D eigenvalue weighted by Crippen LogP contribution is -2.60. The van der Waals surface area contributed by atoms with E-state index in [4.69, 9.17) is 23.4 Å². The van der Waals surface area contributed by atoms with Crippen molar-refractivity contribution in [1.82, 2.24) is 0 Å². The molecule has 5 rings (SSSR count). The van der Waals surface area contributed by atoms with Crippen molar-refractivity contribution in [2.45, 2.75) is 68.3 Å². The van der Waals surface area contributed by atoms with Crippen LogP contribution in [-0.4, -0.2) is 124 Å². The quantitative estimate of drug-likeness (QED) is 0.128. The summed E-state index contributed by atoms with van der Waals surface area (Å²) in [7, 11) is 0. The number of ether oxygens (including phenoxy) is 4. The van der Waals surface area contributed by atoms with Gasteiger partial charge in [-0.05, 0) is 25.1 Å². The summed E-state index contributed by atoms with van der Waals surface area (Å²) in [6.45, 7) is 0.530. The molecule has 10 atom stereocenters. The van der Waals surface area contributed by atoms with Gasteiger partial charge in [-0.15, -0.1) is 0 Å². The number of phenolic OH excluding ortho intramolecular Hbond substituents is 3.